The number of nitrogens with one attached hydrogen (secondary N) is 2. The molecule has 1 aliphatic rings. The summed E-state index contributed by atoms with van der Waals surface area (Å²) in [7, 11) is 1.85. The van der Waals surface area contributed by atoms with Crippen LogP contribution in [-0.2, 0) is 17.9 Å². The molecule has 1 aliphatic heterocycles. The number of aliphatic hydroxyl groups is 1. The Balaban J connectivity index is 0.00000288. The summed E-state index contributed by atoms with van der Waals surface area (Å²) in [6.45, 7) is 6.03. The van der Waals surface area contributed by atoms with Gasteiger partial charge in [-0.25, -0.2) is 0 Å². The number of rotatable bonds is 7. The Morgan fingerprint density at radius 1 is 1.20 bits per heavy atom. The minimum Gasteiger partial charge on any atom is -0.393 e. The molecule has 144 valence electrons. The minimum absolute atomic E-state index is 0. The molecule has 1 atom stereocenters. The van der Waals surface area contributed by atoms with Crippen molar-refractivity contribution in [3.8, 4) is 0 Å². The van der Waals surface area contributed by atoms with Crippen molar-refractivity contribution in [1.29, 1.82) is 0 Å². The number of aliphatic hydroxyl groups excluding tert-OH is 1. The standard InChI is InChI=1S/C18H29N3O2.2ClH/c1-14(11-19-2)18(23)20-12-15-3-5-16(6-4-15)13-21-9-7-17(22)8-10-21;;/h3-6,14,17,19,22H,7-13H2,1-2H3,(H,20,23);2*1H. The number of nitrogens with zero attached hydrogens (tertiary/aromatic N) is 1. The van der Waals surface area contributed by atoms with E-state index in [1.807, 2.05) is 14.0 Å². The van der Waals surface area contributed by atoms with Gasteiger partial charge >= 0.3 is 0 Å². The van der Waals surface area contributed by atoms with E-state index in [1.54, 1.807) is 0 Å². The summed E-state index contributed by atoms with van der Waals surface area (Å²) in [6.07, 6.45) is 1.62. The van der Waals surface area contributed by atoms with E-state index in [-0.39, 0.29) is 42.7 Å². The highest BCUT2D eigenvalue weighted by atomic mass is 35.5. The lowest BCUT2D eigenvalue weighted by molar-refractivity contribution is -0.124. The van der Waals surface area contributed by atoms with Gasteiger partial charge in [0, 0.05) is 38.6 Å². The largest absolute Gasteiger partial charge is 0.393 e. The molecule has 5 nitrogen and oxygen atoms in total. The average Bonchev–Trinajstić information content (AvgIpc) is 2.56. The Bertz CT molecular complexity index is 492. The second kappa shape index (κ2) is 12.5. The molecule has 1 aromatic rings. The number of carbonyl (C=O) groups excluding carboxylic acids is 1. The first kappa shape index (κ1) is 24.1. The van der Waals surface area contributed by atoms with Gasteiger partial charge in [-0.2, -0.15) is 0 Å². The van der Waals surface area contributed by atoms with Crippen molar-refractivity contribution >= 4 is 30.7 Å². The zero-order valence-electron chi connectivity index (χ0n) is 15.0. The number of likely N-dealkylation sites (tertiary alicyclic amines) is 1. The summed E-state index contributed by atoms with van der Waals surface area (Å²) in [5, 5.41) is 15.5. The molecule has 0 aliphatic carbocycles. The maximum Gasteiger partial charge on any atom is 0.224 e. The fraction of sp³-hybridized carbons (Fsp3) is 0.611. The molecule has 0 saturated carbocycles. The zero-order chi connectivity index (χ0) is 16.7. The number of hydrogen-bond acceptors (Lipinski definition) is 4. The molecule has 1 saturated heterocycles. The van der Waals surface area contributed by atoms with Crippen LogP contribution in [0.25, 0.3) is 0 Å². The molecule has 2 rings (SSSR count). The van der Waals surface area contributed by atoms with Crippen molar-refractivity contribution in [2.45, 2.75) is 39.0 Å². The van der Waals surface area contributed by atoms with Gasteiger partial charge in [-0.15, -0.1) is 24.8 Å². The van der Waals surface area contributed by atoms with E-state index in [0.717, 1.165) is 38.0 Å². The first-order valence-electron chi connectivity index (χ1n) is 8.49. The zero-order valence-corrected chi connectivity index (χ0v) is 16.7. The number of hydrogen-bond donors (Lipinski definition) is 3. The number of benzene rings is 1. The first-order valence-corrected chi connectivity index (χ1v) is 8.49. The lowest BCUT2D eigenvalue weighted by Gasteiger charge is -2.29. The summed E-state index contributed by atoms with van der Waals surface area (Å²) in [4.78, 5) is 14.3. The summed E-state index contributed by atoms with van der Waals surface area (Å²) in [6, 6.07) is 8.42. The maximum atomic E-state index is 11.9. The Labute approximate surface area is 163 Å². The molecule has 7 heteroatoms. The summed E-state index contributed by atoms with van der Waals surface area (Å²) in [5.74, 6) is 0.0593. The number of carbonyl (C=O) groups is 1. The molecular weight excluding hydrogens is 361 g/mol. The molecule has 1 unspecified atom stereocenters. The Morgan fingerprint density at radius 2 is 1.76 bits per heavy atom. The predicted octanol–water partition coefficient (Wildman–Crippen LogP) is 1.96. The van der Waals surface area contributed by atoms with Crippen LogP contribution in [0.5, 0.6) is 0 Å². The van der Waals surface area contributed by atoms with Gasteiger partial charge in [0.15, 0.2) is 0 Å². The van der Waals surface area contributed by atoms with Crippen molar-refractivity contribution in [3.63, 3.8) is 0 Å². The van der Waals surface area contributed by atoms with Crippen LogP contribution in [0.2, 0.25) is 0 Å². The van der Waals surface area contributed by atoms with Crippen LogP contribution in [0.1, 0.15) is 30.9 Å². The summed E-state index contributed by atoms with van der Waals surface area (Å²) < 4.78 is 0. The molecule has 0 radical (unpaired) electrons. The second-order valence-electron chi connectivity index (χ2n) is 6.50. The van der Waals surface area contributed by atoms with Crippen molar-refractivity contribution in [2.24, 2.45) is 5.92 Å². The number of amides is 1. The molecule has 1 aromatic carbocycles. The molecule has 25 heavy (non-hydrogen) atoms. The van der Waals surface area contributed by atoms with Crippen molar-refractivity contribution < 1.29 is 9.90 Å². The predicted molar refractivity (Wildman–Crippen MR) is 106 cm³/mol. The van der Waals surface area contributed by atoms with Crippen molar-refractivity contribution in [2.75, 3.05) is 26.7 Å². The lowest BCUT2D eigenvalue weighted by Crippen LogP contribution is -2.35. The van der Waals surface area contributed by atoms with Gasteiger partial charge in [-0.05, 0) is 31.0 Å². The monoisotopic (exact) mass is 391 g/mol. The van der Waals surface area contributed by atoms with Crippen LogP contribution >= 0.6 is 24.8 Å². The van der Waals surface area contributed by atoms with Gasteiger partial charge in [0.25, 0.3) is 0 Å². The topological polar surface area (TPSA) is 64.6 Å². The van der Waals surface area contributed by atoms with Gasteiger partial charge < -0.3 is 15.7 Å². The Hall–Kier alpha value is -0.850. The van der Waals surface area contributed by atoms with Gasteiger partial charge in [-0.1, -0.05) is 31.2 Å². The van der Waals surface area contributed by atoms with Crippen LogP contribution in [-0.4, -0.2) is 48.7 Å². The van der Waals surface area contributed by atoms with E-state index in [9.17, 15) is 9.90 Å². The van der Waals surface area contributed by atoms with Crippen LogP contribution in [0.3, 0.4) is 0 Å². The Kier molecular flexibility index (Phi) is 12.1. The normalized spacial score (nSPS) is 16.4. The summed E-state index contributed by atoms with van der Waals surface area (Å²) >= 11 is 0. The molecule has 0 bridgehead atoms. The first-order chi connectivity index (χ1) is 11.1. The van der Waals surface area contributed by atoms with Crippen LogP contribution in [0.4, 0.5) is 0 Å². The molecule has 1 heterocycles. The van der Waals surface area contributed by atoms with E-state index < -0.39 is 0 Å². The minimum atomic E-state index is -0.123. The third-order valence-electron chi connectivity index (χ3n) is 4.41. The number of halogens is 2. The molecule has 1 amide bonds. The summed E-state index contributed by atoms with van der Waals surface area (Å²) in [5.41, 5.74) is 2.40. The van der Waals surface area contributed by atoms with Gasteiger partial charge in [0.2, 0.25) is 5.91 Å². The molecular formula is C18H31Cl2N3O2. The van der Waals surface area contributed by atoms with E-state index >= 15 is 0 Å². The van der Waals surface area contributed by atoms with E-state index in [1.165, 1.54) is 5.56 Å². The van der Waals surface area contributed by atoms with E-state index in [0.29, 0.717) is 13.1 Å². The van der Waals surface area contributed by atoms with E-state index in [4.69, 9.17) is 0 Å². The third kappa shape index (κ3) is 8.38. The lowest BCUT2D eigenvalue weighted by atomic mass is 10.1. The molecule has 0 spiro atoms. The smallest absolute Gasteiger partial charge is 0.224 e. The third-order valence-corrected chi connectivity index (χ3v) is 4.41. The van der Waals surface area contributed by atoms with Crippen molar-refractivity contribution in [3.05, 3.63) is 35.4 Å². The van der Waals surface area contributed by atoms with Crippen LogP contribution < -0.4 is 10.6 Å². The highest BCUT2D eigenvalue weighted by Crippen LogP contribution is 2.14. The van der Waals surface area contributed by atoms with Gasteiger partial charge in [-0.3, -0.25) is 9.69 Å². The van der Waals surface area contributed by atoms with Gasteiger partial charge in [0.05, 0.1) is 6.10 Å². The van der Waals surface area contributed by atoms with E-state index in [2.05, 4.69) is 39.8 Å². The number of piperidine rings is 1. The Morgan fingerprint density at radius 3 is 2.32 bits per heavy atom. The van der Waals surface area contributed by atoms with Gasteiger partial charge in [0.1, 0.15) is 0 Å². The molecule has 1 fully saturated rings. The highest BCUT2D eigenvalue weighted by Gasteiger charge is 2.16. The maximum absolute atomic E-state index is 11.9. The molecule has 0 aromatic heterocycles. The quantitative estimate of drug-likeness (QED) is 0.664. The fourth-order valence-corrected chi connectivity index (χ4v) is 2.86. The SMILES string of the molecule is CNCC(C)C(=O)NCc1ccc(CN2CCC(O)CC2)cc1.Cl.Cl. The average molecular weight is 392 g/mol. The van der Waals surface area contributed by atoms with Crippen LogP contribution in [0.15, 0.2) is 24.3 Å². The van der Waals surface area contributed by atoms with Crippen LogP contribution in [0, 0.1) is 5.92 Å². The van der Waals surface area contributed by atoms with Crippen molar-refractivity contribution in [1.82, 2.24) is 15.5 Å². The fourth-order valence-electron chi connectivity index (χ4n) is 2.86. The molecule has 3 N–H and O–H groups in total. The highest BCUT2D eigenvalue weighted by molar-refractivity contribution is 5.85. The second-order valence-corrected chi connectivity index (χ2v) is 6.50.